The summed E-state index contributed by atoms with van der Waals surface area (Å²) in [4.78, 5) is 6.47. The van der Waals surface area contributed by atoms with E-state index in [0.29, 0.717) is 0 Å². The minimum atomic E-state index is -0.160. The van der Waals surface area contributed by atoms with Crippen LogP contribution in [0, 0.1) is 0 Å². The molecule has 0 radical (unpaired) electrons. The number of nitrogens with zero attached hydrogens (tertiary/aromatic N) is 4. The smallest absolute Gasteiger partial charge is 0.141 e. The first-order valence-electron chi connectivity index (χ1n) is 5.56. The van der Waals surface area contributed by atoms with Gasteiger partial charge in [-0.3, -0.25) is 4.90 Å². The van der Waals surface area contributed by atoms with Gasteiger partial charge in [0.1, 0.15) is 12.2 Å². The summed E-state index contributed by atoms with van der Waals surface area (Å²) in [5.41, 5.74) is 0. The quantitative estimate of drug-likeness (QED) is 0.774. The minimum Gasteiger partial charge on any atom is -0.392 e. The van der Waals surface area contributed by atoms with E-state index in [2.05, 4.69) is 21.9 Å². The molecular formula is C10H18N4O. The van der Waals surface area contributed by atoms with Crippen LogP contribution in [0.2, 0.25) is 0 Å². The van der Waals surface area contributed by atoms with E-state index in [1.165, 1.54) is 0 Å². The zero-order valence-corrected chi connectivity index (χ0v) is 9.13. The van der Waals surface area contributed by atoms with Crippen molar-refractivity contribution in [3.05, 3.63) is 12.2 Å². The van der Waals surface area contributed by atoms with Gasteiger partial charge in [0.25, 0.3) is 0 Å². The predicted octanol–water partition coefficient (Wildman–Crippen LogP) is 0.255. The SMILES string of the molecule is CCCn1ncnc1CN1CC[C@@H](O)C1. The van der Waals surface area contributed by atoms with Crippen LogP contribution in [0.1, 0.15) is 25.6 Å². The molecule has 1 aliphatic heterocycles. The topological polar surface area (TPSA) is 54.2 Å². The molecule has 1 aromatic heterocycles. The molecule has 0 bridgehead atoms. The predicted molar refractivity (Wildman–Crippen MR) is 56.2 cm³/mol. The van der Waals surface area contributed by atoms with Gasteiger partial charge in [-0.15, -0.1) is 0 Å². The Morgan fingerprint density at radius 1 is 1.60 bits per heavy atom. The van der Waals surface area contributed by atoms with Gasteiger partial charge in [-0.25, -0.2) is 9.67 Å². The molecule has 1 N–H and O–H groups in total. The Hall–Kier alpha value is -0.940. The van der Waals surface area contributed by atoms with Crippen LogP contribution in [0.5, 0.6) is 0 Å². The second kappa shape index (κ2) is 4.72. The molecule has 1 atom stereocenters. The van der Waals surface area contributed by atoms with E-state index in [-0.39, 0.29) is 6.10 Å². The van der Waals surface area contributed by atoms with Crippen LogP contribution in [-0.2, 0) is 13.1 Å². The Bertz CT molecular complexity index is 312. The highest BCUT2D eigenvalue weighted by Crippen LogP contribution is 2.11. The van der Waals surface area contributed by atoms with Gasteiger partial charge in [0.15, 0.2) is 0 Å². The zero-order valence-electron chi connectivity index (χ0n) is 9.13. The largest absolute Gasteiger partial charge is 0.392 e. The Kier molecular flexibility index (Phi) is 3.33. The molecule has 0 spiro atoms. The first-order chi connectivity index (χ1) is 7.29. The molecule has 0 saturated carbocycles. The normalized spacial score (nSPS) is 22.4. The van der Waals surface area contributed by atoms with E-state index in [4.69, 9.17) is 0 Å². The van der Waals surface area contributed by atoms with Crippen molar-refractivity contribution in [3.8, 4) is 0 Å². The monoisotopic (exact) mass is 210 g/mol. The Labute approximate surface area is 89.7 Å². The standard InChI is InChI=1S/C10H18N4O/c1-2-4-14-10(11-8-12-14)7-13-5-3-9(15)6-13/h8-9,15H,2-7H2,1H3/t9-/m1/s1. The van der Waals surface area contributed by atoms with E-state index < -0.39 is 0 Å². The van der Waals surface area contributed by atoms with E-state index in [1.807, 2.05) is 4.68 Å². The third kappa shape index (κ3) is 2.54. The molecular weight excluding hydrogens is 192 g/mol. The summed E-state index contributed by atoms with van der Waals surface area (Å²) >= 11 is 0. The highest BCUT2D eigenvalue weighted by atomic mass is 16.3. The first kappa shape index (κ1) is 10.6. The van der Waals surface area contributed by atoms with Crippen molar-refractivity contribution in [3.63, 3.8) is 0 Å². The molecule has 1 aliphatic rings. The molecule has 5 heteroatoms. The van der Waals surface area contributed by atoms with Crippen molar-refractivity contribution in [2.45, 2.75) is 39.0 Å². The van der Waals surface area contributed by atoms with Gasteiger partial charge >= 0.3 is 0 Å². The van der Waals surface area contributed by atoms with E-state index >= 15 is 0 Å². The number of aliphatic hydroxyl groups excluding tert-OH is 1. The van der Waals surface area contributed by atoms with Crippen molar-refractivity contribution in [1.82, 2.24) is 19.7 Å². The maximum atomic E-state index is 9.42. The summed E-state index contributed by atoms with van der Waals surface area (Å²) in [7, 11) is 0. The van der Waals surface area contributed by atoms with Crippen LogP contribution in [0.3, 0.4) is 0 Å². The lowest BCUT2D eigenvalue weighted by molar-refractivity contribution is 0.173. The molecule has 84 valence electrons. The van der Waals surface area contributed by atoms with Crippen molar-refractivity contribution in [2.24, 2.45) is 0 Å². The van der Waals surface area contributed by atoms with Crippen molar-refractivity contribution < 1.29 is 5.11 Å². The Morgan fingerprint density at radius 3 is 3.13 bits per heavy atom. The Balaban J connectivity index is 1.95. The maximum absolute atomic E-state index is 9.42. The van der Waals surface area contributed by atoms with Gasteiger partial charge in [0.2, 0.25) is 0 Å². The fraction of sp³-hybridized carbons (Fsp3) is 0.800. The maximum Gasteiger partial charge on any atom is 0.141 e. The number of likely N-dealkylation sites (tertiary alicyclic amines) is 1. The summed E-state index contributed by atoms with van der Waals surface area (Å²) in [6.45, 7) is 5.58. The minimum absolute atomic E-state index is 0.160. The zero-order chi connectivity index (χ0) is 10.7. The summed E-state index contributed by atoms with van der Waals surface area (Å²) in [5.74, 6) is 1.01. The summed E-state index contributed by atoms with van der Waals surface area (Å²) in [5, 5.41) is 13.6. The van der Waals surface area contributed by atoms with Crippen molar-refractivity contribution in [1.29, 1.82) is 0 Å². The fourth-order valence-corrected chi connectivity index (χ4v) is 1.96. The van der Waals surface area contributed by atoms with Gasteiger partial charge in [0, 0.05) is 19.6 Å². The van der Waals surface area contributed by atoms with Crippen molar-refractivity contribution in [2.75, 3.05) is 13.1 Å². The van der Waals surface area contributed by atoms with Gasteiger partial charge in [-0.05, 0) is 12.8 Å². The van der Waals surface area contributed by atoms with Crippen LogP contribution in [0.4, 0.5) is 0 Å². The molecule has 0 aliphatic carbocycles. The van der Waals surface area contributed by atoms with E-state index in [1.54, 1.807) is 6.33 Å². The number of hydrogen-bond donors (Lipinski definition) is 1. The molecule has 0 amide bonds. The van der Waals surface area contributed by atoms with Gasteiger partial charge in [-0.2, -0.15) is 5.10 Å². The van der Waals surface area contributed by atoms with Gasteiger partial charge in [0.05, 0.1) is 12.6 Å². The average molecular weight is 210 g/mol. The van der Waals surface area contributed by atoms with Crippen LogP contribution in [-0.4, -0.2) is 44.0 Å². The van der Waals surface area contributed by atoms with Crippen molar-refractivity contribution >= 4 is 0 Å². The Morgan fingerprint density at radius 2 is 2.47 bits per heavy atom. The second-order valence-corrected chi connectivity index (χ2v) is 4.08. The number of aliphatic hydroxyl groups is 1. The highest BCUT2D eigenvalue weighted by molar-refractivity contribution is 4.87. The third-order valence-electron chi connectivity index (χ3n) is 2.74. The molecule has 2 rings (SSSR count). The van der Waals surface area contributed by atoms with Crippen LogP contribution in [0.15, 0.2) is 6.33 Å². The lowest BCUT2D eigenvalue weighted by Gasteiger charge is -2.14. The molecule has 1 saturated heterocycles. The third-order valence-corrected chi connectivity index (χ3v) is 2.74. The highest BCUT2D eigenvalue weighted by Gasteiger charge is 2.21. The lowest BCUT2D eigenvalue weighted by Crippen LogP contribution is -2.24. The number of aryl methyl sites for hydroxylation is 1. The molecule has 2 heterocycles. The van der Waals surface area contributed by atoms with E-state index in [0.717, 1.165) is 44.8 Å². The summed E-state index contributed by atoms with van der Waals surface area (Å²) < 4.78 is 1.95. The molecule has 0 aromatic carbocycles. The van der Waals surface area contributed by atoms with Crippen LogP contribution >= 0.6 is 0 Å². The molecule has 5 nitrogen and oxygen atoms in total. The number of rotatable bonds is 4. The number of aromatic nitrogens is 3. The number of β-amino-alcohol motifs (C(OH)–C–C–N with tert-alkyl or cyclic N) is 1. The second-order valence-electron chi connectivity index (χ2n) is 4.08. The molecule has 1 fully saturated rings. The lowest BCUT2D eigenvalue weighted by atomic mass is 10.3. The summed E-state index contributed by atoms with van der Waals surface area (Å²) in [6.07, 6.45) is 3.39. The van der Waals surface area contributed by atoms with Gasteiger partial charge < -0.3 is 5.11 Å². The first-order valence-corrected chi connectivity index (χ1v) is 5.56. The number of hydrogen-bond acceptors (Lipinski definition) is 4. The molecule has 0 unspecified atom stereocenters. The van der Waals surface area contributed by atoms with Crippen LogP contribution < -0.4 is 0 Å². The molecule has 15 heavy (non-hydrogen) atoms. The fourth-order valence-electron chi connectivity index (χ4n) is 1.96. The van der Waals surface area contributed by atoms with E-state index in [9.17, 15) is 5.11 Å². The van der Waals surface area contributed by atoms with Crippen LogP contribution in [0.25, 0.3) is 0 Å². The molecule has 1 aromatic rings. The summed E-state index contributed by atoms with van der Waals surface area (Å²) in [6, 6.07) is 0. The van der Waals surface area contributed by atoms with Gasteiger partial charge in [-0.1, -0.05) is 6.92 Å². The average Bonchev–Trinajstić information content (AvgIpc) is 2.78.